The van der Waals surface area contributed by atoms with Gasteiger partial charge in [-0.05, 0) is 49.7 Å². The summed E-state index contributed by atoms with van der Waals surface area (Å²) in [6.07, 6.45) is 0. The average molecular weight is 256 g/mol. The van der Waals surface area contributed by atoms with Gasteiger partial charge in [-0.2, -0.15) is 0 Å². The fraction of sp³-hybridized carbons (Fsp3) is 0.188. The lowest BCUT2D eigenvalue weighted by atomic mass is 10.1. The maximum Gasteiger partial charge on any atom is 0.338 e. The van der Waals surface area contributed by atoms with E-state index in [2.05, 4.69) is 0 Å². The molecule has 0 saturated carbocycles. The molecule has 0 bridgehead atoms. The van der Waals surface area contributed by atoms with E-state index in [1.54, 1.807) is 12.1 Å². The summed E-state index contributed by atoms with van der Waals surface area (Å²) in [5.74, 6) is 1.14. The number of carbonyl (C=O) groups is 1. The van der Waals surface area contributed by atoms with Gasteiger partial charge in [-0.1, -0.05) is 17.7 Å². The van der Waals surface area contributed by atoms with Gasteiger partial charge in [-0.25, -0.2) is 4.79 Å². The summed E-state index contributed by atoms with van der Waals surface area (Å²) >= 11 is 0. The molecule has 2 rings (SSSR count). The van der Waals surface area contributed by atoms with E-state index >= 15 is 0 Å². The van der Waals surface area contributed by atoms with Crippen LogP contribution >= 0.6 is 0 Å². The molecule has 0 atom stereocenters. The molecule has 0 fully saturated rings. The van der Waals surface area contributed by atoms with Crippen LogP contribution in [-0.2, 0) is 4.74 Å². The van der Waals surface area contributed by atoms with Crippen molar-refractivity contribution in [3.05, 3.63) is 59.2 Å². The van der Waals surface area contributed by atoms with Gasteiger partial charge >= 0.3 is 5.97 Å². The Morgan fingerprint density at radius 3 is 2.16 bits per heavy atom. The second-order valence-corrected chi connectivity index (χ2v) is 4.38. The van der Waals surface area contributed by atoms with E-state index in [-0.39, 0.29) is 5.97 Å². The predicted octanol–water partition coefficient (Wildman–Crippen LogP) is 3.88. The molecule has 0 amide bonds. The summed E-state index contributed by atoms with van der Waals surface area (Å²) in [5.41, 5.74) is 2.57. The fourth-order valence-corrected chi connectivity index (χ4v) is 1.78. The first-order chi connectivity index (χ1) is 9.10. The Morgan fingerprint density at radius 1 is 0.947 bits per heavy atom. The van der Waals surface area contributed by atoms with E-state index in [0.717, 1.165) is 11.3 Å². The van der Waals surface area contributed by atoms with Crippen LogP contribution in [0.1, 0.15) is 21.5 Å². The summed E-state index contributed by atoms with van der Waals surface area (Å²) in [7, 11) is 1.37. The number of methoxy groups -OCH3 is 1. The molecule has 0 aliphatic rings. The monoisotopic (exact) mass is 256 g/mol. The van der Waals surface area contributed by atoms with E-state index < -0.39 is 0 Å². The molecule has 2 aromatic carbocycles. The van der Waals surface area contributed by atoms with Gasteiger partial charge in [0.2, 0.25) is 0 Å². The van der Waals surface area contributed by atoms with E-state index in [1.165, 1.54) is 12.7 Å². The Labute approximate surface area is 112 Å². The molecule has 0 unspecified atom stereocenters. The zero-order valence-corrected chi connectivity index (χ0v) is 11.3. The van der Waals surface area contributed by atoms with Crippen molar-refractivity contribution in [1.82, 2.24) is 0 Å². The first-order valence-corrected chi connectivity index (χ1v) is 6.03. The highest BCUT2D eigenvalue weighted by Gasteiger charge is 2.09. The highest BCUT2D eigenvalue weighted by molar-refractivity contribution is 5.91. The summed E-state index contributed by atoms with van der Waals surface area (Å²) < 4.78 is 10.4. The van der Waals surface area contributed by atoms with Crippen molar-refractivity contribution in [2.24, 2.45) is 0 Å². The van der Waals surface area contributed by atoms with Crippen LogP contribution in [0.5, 0.6) is 11.5 Å². The molecule has 0 aliphatic heterocycles. The van der Waals surface area contributed by atoms with Crippen molar-refractivity contribution >= 4 is 5.97 Å². The molecule has 0 spiro atoms. The normalized spacial score (nSPS) is 10.1. The van der Waals surface area contributed by atoms with Crippen LogP contribution in [-0.4, -0.2) is 13.1 Å². The standard InChI is InChI=1S/C16H16O3/c1-11-4-6-13(7-5-11)19-14-8-9-15(12(2)10-14)16(17)18-3/h4-10H,1-3H3. The zero-order chi connectivity index (χ0) is 13.8. The van der Waals surface area contributed by atoms with E-state index in [0.29, 0.717) is 11.3 Å². The average Bonchev–Trinajstić information content (AvgIpc) is 2.41. The topological polar surface area (TPSA) is 35.5 Å². The maximum atomic E-state index is 11.5. The molecule has 0 heterocycles. The quantitative estimate of drug-likeness (QED) is 0.782. The number of carbonyl (C=O) groups excluding carboxylic acids is 1. The van der Waals surface area contributed by atoms with Crippen molar-refractivity contribution in [2.45, 2.75) is 13.8 Å². The van der Waals surface area contributed by atoms with Gasteiger partial charge in [0, 0.05) is 0 Å². The molecule has 0 aliphatic carbocycles. The van der Waals surface area contributed by atoms with Gasteiger partial charge in [0.05, 0.1) is 12.7 Å². The molecule has 19 heavy (non-hydrogen) atoms. The minimum Gasteiger partial charge on any atom is -0.465 e. The van der Waals surface area contributed by atoms with Crippen LogP contribution in [0.3, 0.4) is 0 Å². The van der Waals surface area contributed by atoms with Crippen molar-refractivity contribution in [3.63, 3.8) is 0 Å². The van der Waals surface area contributed by atoms with Gasteiger partial charge in [0.15, 0.2) is 0 Å². The number of hydrogen-bond acceptors (Lipinski definition) is 3. The number of aryl methyl sites for hydroxylation is 2. The van der Waals surface area contributed by atoms with Crippen LogP contribution in [0.15, 0.2) is 42.5 Å². The van der Waals surface area contributed by atoms with Crippen molar-refractivity contribution in [1.29, 1.82) is 0 Å². The van der Waals surface area contributed by atoms with Gasteiger partial charge in [0.25, 0.3) is 0 Å². The molecule has 0 N–H and O–H groups in total. The summed E-state index contributed by atoms with van der Waals surface area (Å²) in [6.45, 7) is 3.88. The van der Waals surface area contributed by atoms with Crippen LogP contribution in [0, 0.1) is 13.8 Å². The van der Waals surface area contributed by atoms with Crippen molar-refractivity contribution < 1.29 is 14.3 Å². The number of rotatable bonds is 3. The fourth-order valence-electron chi connectivity index (χ4n) is 1.78. The second-order valence-electron chi connectivity index (χ2n) is 4.38. The molecule has 0 saturated heterocycles. The Kier molecular flexibility index (Phi) is 3.85. The highest BCUT2D eigenvalue weighted by Crippen LogP contribution is 2.24. The number of esters is 1. The Hall–Kier alpha value is -2.29. The lowest BCUT2D eigenvalue weighted by Gasteiger charge is -2.09. The zero-order valence-electron chi connectivity index (χ0n) is 11.3. The minimum atomic E-state index is -0.334. The molecule has 98 valence electrons. The molecule has 0 radical (unpaired) electrons. The first kappa shape index (κ1) is 13.1. The third kappa shape index (κ3) is 3.13. The molecule has 3 nitrogen and oxygen atoms in total. The molecule has 0 aromatic heterocycles. The van der Waals surface area contributed by atoms with Crippen molar-refractivity contribution in [3.8, 4) is 11.5 Å². The predicted molar refractivity (Wildman–Crippen MR) is 73.8 cm³/mol. The Morgan fingerprint density at radius 2 is 1.58 bits per heavy atom. The SMILES string of the molecule is COC(=O)c1ccc(Oc2ccc(C)cc2)cc1C. The second kappa shape index (κ2) is 5.57. The molecular formula is C16H16O3. The molecule has 3 heteroatoms. The summed E-state index contributed by atoms with van der Waals surface area (Å²) in [6, 6.07) is 13.1. The maximum absolute atomic E-state index is 11.5. The smallest absolute Gasteiger partial charge is 0.338 e. The van der Waals surface area contributed by atoms with Gasteiger partial charge in [-0.3, -0.25) is 0 Å². The number of ether oxygens (including phenoxy) is 2. The van der Waals surface area contributed by atoms with Crippen LogP contribution in [0.4, 0.5) is 0 Å². The van der Waals surface area contributed by atoms with Crippen LogP contribution in [0.25, 0.3) is 0 Å². The van der Waals surface area contributed by atoms with Crippen LogP contribution < -0.4 is 4.74 Å². The summed E-state index contributed by atoms with van der Waals surface area (Å²) in [4.78, 5) is 11.5. The lowest BCUT2D eigenvalue weighted by molar-refractivity contribution is 0.0600. The third-order valence-corrected chi connectivity index (χ3v) is 2.86. The highest BCUT2D eigenvalue weighted by atomic mass is 16.5. The van der Waals surface area contributed by atoms with Gasteiger partial charge in [0.1, 0.15) is 11.5 Å². The lowest BCUT2D eigenvalue weighted by Crippen LogP contribution is -2.03. The molecular weight excluding hydrogens is 240 g/mol. The first-order valence-electron chi connectivity index (χ1n) is 6.03. The van der Waals surface area contributed by atoms with Crippen molar-refractivity contribution in [2.75, 3.05) is 7.11 Å². The minimum absolute atomic E-state index is 0.334. The number of benzene rings is 2. The van der Waals surface area contributed by atoms with E-state index in [1.807, 2.05) is 44.2 Å². The third-order valence-electron chi connectivity index (χ3n) is 2.86. The van der Waals surface area contributed by atoms with E-state index in [4.69, 9.17) is 9.47 Å². The van der Waals surface area contributed by atoms with Gasteiger partial charge < -0.3 is 9.47 Å². The number of hydrogen-bond donors (Lipinski definition) is 0. The largest absolute Gasteiger partial charge is 0.465 e. The van der Waals surface area contributed by atoms with Crippen LogP contribution in [0.2, 0.25) is 0 Å². The van der Waals surface area contributed by atoms with Gasteiger partial charge in [-0.15, -0.1) is 0 Å². The Balaban J connectivity index is 2.20. The Bertz CT molecular complexity index is 585. The van der Waals surface area contributed by atoms with E-state index in [9.17, 15) is 4.79 Å². The molecule has 2 aromatic rings. The summed E-state index contributed by atoms with van der Waals surface area (Å²) in [5, 5.41) is 0.